The third-order valence-corrected chi connectivity index (χ3v) is 4.77. The van der Waals surface area contributed by atoms with Crippen LogP contribution in [0.25, 0.3) is 16.8 Å². The summed E-state index contributed by atoms with van der Waals surface area (Å²) in [6, 6.07) is 8.01. The highest BCUT2D eigenvalue weighted by atomic mass is 19.1. The van der Waals surface area contributed by atoms with E-state index in [0.717, 1.165) is 0 Å². The Labute approximate surface area is 165 Å². The van der Waals surface area contributed by atoms with E-state index >= 15 is 0 Å². The zero-order valence-electron chi connectivity index (χ0n) is 15.6. The Morgan fingerprint density at radius 1 is 1.38 bits per heavy atom. The van der Waals surface area contributed by atoms with Gasteiger partial charge in [-0.3, -0.25) is 9.69 Å². The number of aromatic nitrogens is 2. The maximum atomic E-state index is 14.9. The van der Waals surface area contributed by atoms with E-state index in [-0.39, 0.29) is 25.6 Å². The van der Waals surface area contributed by atoms with E-state index in [2.05, 4.69) is 10.3 Å². The van der Waals surface area contributed by atoms with Crippen LogP contribution in [0.3, 0.4) is 0 Å². The van der Waals surface area contributed by atoms with Crippen molar-refractivity contribution in [2.45, 2.75) is 19.6 Å². The zero-order chi connectivity index (χ0) is 20.5. The molecule has 1 aliphatic heterocycles. The first-order chi connectivity index (χ1) is 14.0. The fourth-order valence-corrected chi connectivity index (χ4v) is 3.31. The van der Waals surface area contributed by atoms with E-state index in [1.54, 1.807) is 41.1 Å². The molecule has 150 valence electrons. The third-order valence-electron chi connectivity index (χ3n) is 4.77. The average molecular weight is 398 g/mol. The van der Waals surface area contributed by atoms with Crippen molar-refractivity contribution in [3.63, 3.8) is 0 Å². The molecule has 2 N–H and O–H groups in total. The predicted molar refractivity (Wildman–Crippen MR) is 103 cm³/mol. The van der Waals surface area contributed by atoms with Crippen molar-refractivity contribution in [3.8, 4) is 11.1 Å². The topological polar surface area (TPSA) is 96.2 Å². The molecule has 1 aliphatic rings. The molecule has 0 spiro atoms. The molecule has 8 nitrogen and oxygen atoms in total. The molecule has 1 saturated heterocycles. The van der Waals surface area contributed by atoms with Crippen LogP contribution in [0, 0.1) is 5.82 Å². The Morgan fingerprint density at radius 3 is 2.93 bits per heavy atom. The number of fused-ring (bicyclic) bond motifs is 1. The Morgan fingerprint density at radius 2 is 2.21 bits per heavy atom. The first-order valence-electron chi connectivity index (χ1n) is 9.05. The van der Waals surface area contributed by atoms with E-state index in [0.29, 0.717) is 28.2 Å². The summed E-state index contributed by atoms with van der Waals surface area (Å²) in [7, 11) is 0. The van der Waals surface area contributed by atoms with Crippen LogP contribution in [0.1, 0.15) is 12.6 Å². The minimum absolute atomic E-state index is 0.178. The number of rotatable bonds is 5. The summed E-state index contributed by atoms with van der Waals surface area (Å²) in [5.74, 6) is -0.709. The van der Waals surface area contributed by atoms with Gasteiger partial charge in [-0.15, -0.1) is 0 Å². The lowest BCUT2D eigenvalue weighted by molar-refractivity contribution is -0.119. The number of hydrogen-bond acceptors (Lipinski definition) is 5. The maximum absolute atomic E-state index is 14.9. The number of aliphatic hydroxyl groups excluding tert-OH is 1. The van der Waals surface area contributed by atoms with Crippen LogP contribution in [0.2, 0.25) is 0 Å². The molecule has 0 aliphatic carbocycles. The minimum Gasteiger partial charge on any atom is -0.442 e. The standard InChI is InChI=1S/C20H19FN4O4/c1-12(27)22-8-16-10-25(20(28)29-16)14-3-4-17(18(21)6-14)13-2-5-19-23-7-15(11-26)24(19)9-13/h2-7,9,16,26H,8,10-11H2,1H3,(H,22,27)/t16-/m0/s1. The van der Waals surface area contributed by atoms with E-state index < -0.39 is 18.0 Å². The fraction of sp³-hybridized carbons (Fsp3) is 0.250. The van der Waals surface area contributed by atoms with Crippen molar-refractivity contribution in [1.82, 2.24) is 14.7 Å². The van der Waals surface area contributed by atoms with Gasteiger partial charge in [0.05, 0.1) is 37.3 Å². The number of ether oxygens (including phenoxy) is 1. The molecule has 2 amide bonds. The molecule has 3 aromatic rings. The lowest BCUT2D eigenvalue weighted by Crippen LogP contribution is -2.33. The SMILES string of the molecule is CC(=O)NC[C@H]1CN(c2ccc(-c3ccc4ncc(CO)n4c3)c(F)c2)C(=O)O1. The lowest BCUT2D eigenvalue weighted by atomic mass is 10.1. The molecule has 1 aromatic carbocycles. The average Bonchev–Trinajstić information content (AvgIpc) is 3.28. The zero-order valence-corrected chi connectivity index (χ0v) is 15.6. The molecule has 0 saturated carbocycles. The summed E-state index contributed by atoms with van der Waals surface area (Å²) >= 11 is 0. The molecule has 1 atom stereocenters. The van der Waals surface area contributed by atoms with Gasteiger partial charge in [-0.2, -0.15) is 0 Å². The number of benzene rings is 1. The second kappa shape index (κ2) is 7.51. The van der Waals surface area contributed by atoms with Crippen LogP contribution in [-0.2, 0) is 16.1 Å². The molecular formula is C20H19FN4O4. The maximum Gasteiger partial charge on any atom is 0.414 e. The highest BCUT2D eigenvalue weighted by Gasteiger charge is 2.32. The first-order valence-corrected chi connectivity index (χ1v) is 9.05. The van der Waals surface area contributed by atoms with Crippen molar-refractivity contribution in [2.75, 3.05) is 18.0 Å². The van der Waals surface area contributed by atoms with Gasteiger partial charge in [0, 0.05) is 24.2 Å². The number of pyridine rings is 1. The van der Waals surface area contributed by atoms with Gasteiger partial charge in [-0.05, 0) is 30.3 Å². The van der Waals surface area contributed by atoms with E-state index in [4.69, 9.17) is 4.74 Å². The summed E-state index contributed by atoms with van der Waals surface area (Å²) in [5, 5.41) is 12.0. The van der Waals surface area contributed by atoms with Crippen molar-refractivity contribution >= 4 is 23.3 Å². The normalized spacial score (nSPS) is 16.3. The fourth-order valence-electron chi connectivity index (χ4n) is 3.31. The molecule has 9 heteroatoms. The molecule has 0 unspecified atom stereocenters. The van der Waals surface area contributed by atoms with Gasteiger partial charge in [0.25, 0.3) is 0 Å². The van der Waals surface area contributed by atoms with Crippen LogP contribution in [-0.4, -0.2) is 45.7 Å². The number of cyclic esters (lactones) is 1. The van der Waals surface area contributed by atoms with Gasteiger partial charge >= 0.3 is 6.09 Å². The summed E-state index contributed by atoms with van der Waals surface area (Å²) in [6.07, 6.45) is 2.20. The van der Waals surface area contributed by atoms with Crippen LogP contribution < -0.4 is 10.2 Å². The smallest absolute Gasteiger partial charge is 0.414 e. The minimum atomic E-state index is -0.583. The number of carbonyl (C=O) groups excluding carboxylic acids is 2. The summed E-state index contributed by atoms with van der Waals surface area (Å²) < 4.78 is 21.8. The molecule has 1 fully saturated rings. The molecule has 0 bridgehead atoms. The van der Waals surface area contributed by atoms with Crippen molar-refractivity contribution in [1.29, 1.82) is 0 Å². The van der Waals surface area contributed by atoms with Gasteiger partial charge in [0.1, 0.15) is 17.6 Å². The molecular weight excluding hydrogens is 379 g/mol. The quantitative estimate of drug-likeness (QED) is 0.686. The van der Waals surface area contributed by atoms with E-state index in [1.165, 1.54) is 17.9 Å². The molecule has 2 aromatic heterocycles. The largest absolute Gasteiger partial charge is 0.442 e. The summed E-state index contributed by atoms with van der Waals surface area (Å²) in [6.45, 7) is 1.63. The Hall–Kier alpha value is -3.46. The van der Waals surface area contributed by atoms with Gasteiger partial charge in [0.2, 0.25) is 5.91 Å². The predicted octanol–water partition coefficient (Wildman–Crippen LogP) is 2.09. The monoisotopic (exact) mass is 398 g/mol. The number of nitrogens with zero attached hydrogens (tertiary/aromatic N) is 3. The Balaban J connectivity index is 1.58. The van der Waals surface area contributed by atoms with E-state index in [1.807, 2.05) is 0 Å². The first kappa shape index (κ1) is 18.9. The van der Waals surface area contributed by atoms with Crippen molar-refractivity contribution < 1.29 is 23.8 Å². The number of nitrogens with one attached hydrogen (secondary N) is 1. The second-order valence-electron chi connectivity index (χ2n) is 6.77. The van der Waals surface area contributed by atoms with Gasteiger partial charge in [-0.25, -0.2) is 14.2 Å². The number of anilines is 1. The number of aliphatic hydroxyl groups is 1. The lowest BCUT2D eigenvalue weighted by Gasteiger charge is -2.15. The number of halogens is 1. The number of carbonyl (C=O) groups is 2. The molecule has 29 heavy (non-hydrogen) atoms. The van der Waals surface area contributed by atoms with Crippen LogP contribution in [0.15, 0.2) is 42.7 Å². The summed E-state index contributed by atoms with van der Waals surface area (Å²) in [4.78, 5) is 28.7. The van der Waals surface area contributed by atoms with Crippen LogP contribution in [0.4, 0.5) is 14.9 Å². The molecule has 3 heterocycles. The Bertz CT molecular complexity index is 1100. The van der Waals surface area contributed by atoms with Crippen LogP contribution >= 0.6 is 0 Å². The van der Waals surface area contributed by atoms with Gasteiger partial charge < -0.3 is 19.6 Å². The second-order valence-corrected chi connectivity index (χ2v) is 6.77. The van der Waals surface area contributed by atoms with Crippen molar-refractivity contribution in [3.05, 3.63) is 54.2 Å². The highest BCUT2D eigenvalue weighted by Crippen LogP contribution is 2.29. The molecule has 4 rings (SSSR count). The summed E-state index contributed by atoms with van der Waals surface area (Å²) in [5.41, 5.74) is 2.60. The van der Waals surface area contributed by atoms with E-state index in [9.17, 15) is 19.1 Å². The van der Waals surface area contributed by atoms with Gasteiger partial charge in [0.15, 0.2) is 0 Å². The van der Waals surface area contributed by atoms with Crippen LogP contribution in [0.5, 0.6) is 0 Å². The number of amides is 2. The number of imidazole rings is 1. The highest BCUT2D eigenvalue weighted by molar-refractivity contribution is 5.90. The van der Waals surface area contributed by atoms with Crippen molar-refractivity contribution in [2.24, 2.45) is 0 Å². The third kappa shape index (κ3) is 3.64. The Kier molecular flexibility index (Phi) is 4.89. The molecule has 0 radical (unpaired) electrons. The number of hydrogen-bond donors (Lipinski definition) is 2. The van der Waals surface area contributed by atoms with Gasteiger partial charge in [-0.1, -0.05) is 0 Å².